The van der Waals surface area contributed by atoms with Crippen molar-refractivity contribution in [2.45, 2.75) is 47.2 Å². The van der Waals surface area contributed by atoms with Crippen molar-refractivity contribution in [3.63, 3.8) is 0 Å². The number of nitrogens with zero attached hydrogens (tertiary/aromatic N) is 4. The number of β-amino-alcohol motifs (C(OH)–C–C–N with tert-alkyl or cyclic N) is 1. The monoisotopic (exact) mass is 503 g/mol. The van der Waals surface area contributed by atoms with Crippen molar-refractivity contribution in [3.8, 4) is 0 Å². The van der Waals surface area contributed by atoms with Crippen LogP contribution in [-0.2, 0) is 13.1 Å². The summed E-state index contributed by atoms with van der Waals surface area (Å²) in [5.41, 5.74) is 7.93. The van der Waals surface area contributed by atoms with E-state index in [1.165, 1.54) is 11.3 Å². The van der Waals surface area contributed by atoms with Crippen molar-refractivity contribution in [2.75, 3.05) is 44.6 Å². The summed E-state index contributed by atoms with van der Waals surface area (Å²) in [4.78, 5) is 22.2. The van der Waals surface area contributed by atoms with E-state index in [9.17, 15) is 9.90 Å². The summed E-state index contributed by atoms with van der Waals surface area (Å²) in [6.07, 6.45) is 1.03. The Kier molecular flexibility index (Phi) is 7.22. The van der Waals surface area contributed by atoms with Gasteiger partial charge in [-0.2, -0.15) is 0 Å². The number of aromatic nitrogens is 2. The molecule has 37 heavy (non-hydrogen) atoms. The van der Waals surface area contributed by atoms with E-state index in [-0.39, 0.29) is 12.5 Å². The smallest absolute Gasteiger partial charge is 0.254 e. The molecule has 1 fully saturated rings. The third-order valence-electron chi connectivity index (χ3n) is 7.57. The molecule has 1 saturated heterocycles. The van der Waals surface area contributed by atoms with Crippen LogP contribution >= 0.6 is 0 Å². The van der Waals surface area contributed by atoms with Crippen molar-refractivity contribution >= 4 is 33.6 Å². The van der Waals surface area contributed by atoms with Gasteiger partial charge in [0.25, 0.3) is 5.91 Å². The summed E-state index contributed by atoms with van der Waals surface area (Å²) >= 11 is 0. The average Bonchev–Trinajstić information content (AvgIpc) is 3.40. The molecule has 8 heteroatoms. The fourth-order valence-electron chi connectivity index (χ4n) is 5.48. The molecule has 2 aromatic carbocycles. The van der Waals surface area contributed by atoms with Crippen molar-refractivity contribution in [1.29, 1.82) is 0 Å². The number of aryl methyl sites for hydroxylation is 3. The molecule has 2 aromatic heterocycles. The van der Waals surface area contributed by atoms with E-state index >= 15 is 0 Å². The molecule has 1 amide bonds. The number of rotatable bonds is 8. The minimum atomic E-state index is 0.0573. The van der Waals surface area contributed by atoms with Crippen LogP contribution in [0.3, 0.4) is 0 Å². The number of amides is 1. The molecule has 3 heterocycles. The van der Waals surface area contributed by atoms with E-state index < -0.39 is 0 Å². The first-order valence-corrected chi connectivity index (χ1v) is 13.3. The van der Waals surface area contributed by atoms with Gasteiger partial charge < -0.3 is 24.3 Å². The maximum Gasteiger partial charge on any atom is 0.254 e. The molecule has 2 N–H and O–H groups in total. The Morgan fingerprint density at radius 1 is 1.11 bits per heavy atom. The Labute approximate surface area is 217 Å². The topological polar surface area (TPSA) is 86.8 Å². The minimum absolute atomic E-state index is 0.0573. The van der Waals surface area contributed by atoms with Gasteiger partial charge in [-0.25, -0.2) is 4.98 Å². The van der Waals surface area contributed by atoms with E-state index in [0.29, 0.717) is 37.6 Å². The Bertz CT molecular complexity index is 1430. The molecule has 0 bridgehead atoms. The molecule has 0 saturated carbocycles. The van der Waals surface area contributed by atoms with Crippen LogP contribution in [0, 0.1) is 20.8 Å². The molecule has 0 unspecified atom stereocenters. The zero-order chi connectivity index (χ0) is 26.1. The number of benzene rings is 2. The highest BCUT2D eigenvalue weighted by Gasteiger charge is 2.24. The SMILES string of the molecule is CCCn1c(C)c(C)c2cc(C(=O)N3CCN(CCO)CC3)cc(NCc3cccc4nc(C)oc34)c21. The molecule has 0 spiro atoms. The largest absolute Gasteiger partial charge is 0.441 e. The van der Waals surface area contributed by atoms with Gasteiger partial charge >= 0.3 is 0 Å². The van der Waals surface area contributed by atoms with Gasteiger partial charge in [0, 0.05) is 74.9 Å². The molecular formula is C29H37N5O3. The second-order valence-electron chi connectivity index (χ2n) is 9.99. The van der Waals surface area contributed by atoms with E-state index in [0.717, 1.165) is 59.3 Å². The van der Waals surface area contributed by atoms with E-state index in [1.54, 1.807) is 0 Å². The number of piperazine rings is 1. The lowest BCUT2D eigenvalue weighted by molar-refractivity contribution is 0.0615. The summed E-state index contributed by atoms with van der Waals surface area (Å²) in [5, 5.41) is 14.0. The third kappa shape index (κ3) is 4.83. The van der Waals surface area contributed by atoms with Crippen LogP contribution in [0.15, 0.2) is 34.7 Å². The lowest BCUT2D eigenvalue weighted by atomic mass is 10.1. The van der Waals surface area contributed by atoms with Gasteiger partial charge in [-0.1, -0.05) is 19.1 Å². The lowest BCUT2D eigenvalue weighted by Crippen LogP contribution is -2.49. The molecule has 5 rings (SSSR count). The van der Waals surface area contributed by atoms with E-state index in [2.05, 4.69) is 52.7 Å². The maximum absolute atomic E-state index is 13.6. The van der Waals surface area contributed by atoms with Crippen LogP contribution < -0.4 is 5.32 Å². The Hall–Kier alpha value is -3.36. The number of anilines is 1. The number of para-hydroxylation sites is 1. The van der Waals surface area contributed by atoms with Gasteiger partial charge in [-0.3, -0.25) is 9.69 Å². The van der Waals surface area contributed by atoms with Crippen LogP contribution in [0.25, 0.3) is 22.0 Å². The number of hydrogen-bond donors (Lipinski definition) is 2. The molecule has 4 aromatic rings. The molecule has 196 valence electrons. The molecule has 1 aliphatic heterocycles. The van der Waals surface area contributed by atoms with Gasteiger partial charge in [0.1, 0.15) is 5.52 Å². The number of nitrogens with one attached hydrogen (secondary N) is 1. The lowest BCUT2D eigenvalue weighted by Gasteiger charge is -2.34. The van der Waals surface area contributed by atoms with Crippen molar-refractivity contribution < 1.29 is 14.3 Å². The first-order chi connectivity index (χ1) is 17.9. The minimum Gasteiger partial charge on any atom is -0.441 e. The first kappa shape index (κ1) is 25.3. The zero-order valence-corrected chi connectivity index (χ0v) is 22.3. The fourth-order valence-corrected chi connectivity index (χ4v) is 5.48. The van der Waals surface area contributed by atoms with Crippen molar-refractivity contribution in [2.24, 2.45) is 0 Å². The Balaban J connectivity index is 1.51. The van der Waals surface area contributed by atoms with Crippen LogP contribution in [0.2, 0.25) is 0 Å². The summed E-state index contributed by atoms with van der Waals surface area (Å²) in [5.74, 6) is 0.710. The van der Waals surface area contributed by atoms with Gasteiger partial charge in [-0.05, 0) is 44.0 Å². The predicted octanol–water partition coefficient (Wildman–Crippen LogP) is 4.48. The standard InChI is InChI=1S/C29H37N5O3/c1-5-9-34-20(3)19(2)24-16-23(29(36)33-12-10-32(11-13-33)14-15-35)17-26(27(24)34)30-18-22-7-6-8-25-28(22)37-21(4)31-25/h6-8,16-17,30,35H,5,9-15,18H2,1-4H3. The second kappa shape index (κ2) is 10.6. The molecular weight excluding hydrogens is 466 g/mol. The molecule has 8 nitrogen and oxygen atoms in total. The van der Waals surface area contributed by atoms with Gasteiger partial charge in [0.2, 0.25) is 0 Å². The van der Waals surface area contributed by atoms with Gasteiger partial charge in [-0.15, -0.1) is 0 Å². The van der Waals surface area contributed by atoms with E-state index in [1.807, 2.05) is 30.0 Å². The molecule has 1 aliphatic rings. The number of fused-ring (bicyclic) bond motifs is 2. The van der Waals surface area contributed by atoms with Crippen LogP contribution in [0.1, 0.15) is 46.4 Å². The van der Waals surface area contributed by atoms with Crippen LogP contribution in [-0.4, -0.2) is 69.7 Å². The zero-order valence-electron chi connectivity index (χ0n) is 22.3. The highest BCUT2D eigenvalue weighted by Crippen LogP contribution is 2.34. The van der Waals surface area contributed by atoms with Crippen LogP contribution in [0.5, 0.6) is 0 Å². The third-order valence-corrected chi connectivity index (χ3v) is 7.57. The highest BCUT2D eigenvalue weighted by molar-refractivity contribution is 6.04. The van der Waals surface area contributed by atoms with E-state index in [4.69, 9.17) is 4.42 Å². The first-order valence-electron chi connectivity index (χ1n) is 13.3. The van der Waals surface area contributed by atoms with Gasteiger partial charge in [0.15, 0.2) is 11.5 Å². The summed E-state index contributed by atoms with van der Waals surface area (Å²) in [6, 6.07) is 10.1. The van der Waals surface area contributed by atoms with Crippen molar-refractivity contribution in [3.05, 3.63) is 58.6 Å². The van der Waals surface area contributed by atoms with Gasteiger partial charge in [0.05, 0.1) is 17.8 Å². The summed E-state index contributed by atoms with van der Waals surface area (Å²) in [6.45, 7) is 13.5. The summed E-state index contributed by atoms with van der Waals surface area (Å²) < 4.78 is 8.26. The quantitative estimate of drug-likeness (QED) is 0.369. The Morgan fingerprint density at radius 3 is 2.62 bits per heavy atom. The normalized spacial score (nSPS) is 14.7. The molecule has 0 radical (unpaired) electrons. The predicted molar refractivity (Wildman–Crippen MR) is 147 cm³/mol. The number of aliphatic hydroxyl groups excluding tert-OH is 1. The fraction of sp³-hybridized carbons (Fsp3) is 0.448. The molecule has 0 atom stereocenters. The maximum atomic E-state index is 13.6. The Morgan fingerprint density at radius 2 is 1.89 bits per heavy atom. The second-order valence-corrected chi connectivity index (χ2v) is 9.99. The van der Waals surface area contributed by atoms with Crippen molar-refractivity contribution in [1.82, 2.24) is 19.4 Å². The number of aliphatic hydroxyl groups is 1. The number of hydrogen-bond acceptors (Lipinski definition) is 6. The number of carbonyl (C=O) groups excluding carboxylic acids is 1. The summed E-state index contributed by atoms with van der Waals surface area (Å²) in [7, 11) is 0. The van der Waals surface area contributed by atoms with Crippen LogP contribution in [0.4, 0.5) is 5.69 Å². The highest BCUT2D eigenvalue weighted by atomic mass is 16.3. The average molecular weight is 504 g/mol. The number of oxazole rings is 1. The number of carbonyl (C=O) groups is 1. The molecule has 0 aliphatic carbocycles.